The molecular weight excluding hydrogens is 342 g/mol. The summed E-state index contributed by atoms with van der Waals surface area (Å²) in [6, 6.07) is 18.8. The number of hydrogen-bond acceptors (Lipinski definition) is 4. The predicted octanol–water partition coefficient (Wildman–Crippen LogP) is 4.41. The lowest BCUT2D eigenvalue weighted by Gasteiger charge is -1.99. The molecule has 1 heterocycles. The van der Waals surface area contributed by atoms with E-state index in [1.165, 1.54) is 17.6 Å². The van der Waals surface area contributed by atoms with Crippen LogP contribution in [-0.2, 0) is 0 Å². The maximum Gasteiger partial charge on any atom is 0.274 e. The van der Waals surface area contributed by atoms with Gasteiger partial charge in [-0.05, 0) is 17.7 Å². The second kappa shape index (κ2) is 7.29. The summed E-state index contributed by atoms with van der Waals surface area (Å²) in [6.45, 7) is 0. The van der Waals surface area contributed by atoms with Gasteiger partial charge in [0.1, 0.15) is 0 Å². The first kappa shape index (κ1) is 16.2. The molecule has 0 atom stereocenters. The molecule has 3 rings (SSSR count). The SMILES string of the molecule is Nc1sc(-c2ccccc2)cc1C(=O)NN=Cc1ccccc1Cl. The molecule has 3 aromatic rings. The zero-order valence-electron chi connectivity index (χ0n) is 12.6. The quantitative estimate of drug-likeness (QED) is 0.537. The van der Waals surface area contributed by atoms with E-state index in [1.54, 1.807) is 12.1 Å². The van der Waals surface area contributed by atoms with E-state index < -0.39 is 0 Å². The van der Waals surface area contributed by atoms with Crippen LogP contribution < -0.4 is 11.2 Å². The normalized spacial score (nSPS) is 10.9. The Hall–Kier alpha value is -2.63. The lowest BCUT2D eigenvalue weighted by molar-refractivity contribution is 0.0956. The molecule has 0 unspecified atom stereocenters. The van der Waals surface area contributed by atoms with Crippen molar-refractivity contribution >= 4 is 40.1 Å². The summed E-state index contributed by atoms with van der Waals surface area (Å²) in [5, 5.41) is 4.97. The summed E-state index contributed by atoms with van der Waals surface area (Å²) in [7, 11) is 0. The molecule has 0 saturated carbocycles. The van der Waals surface area contributed by atoms with Gasteiger partial charge in [0.15, 0.2) is 0 Å². The van der Waals surface area contributed by atoms with Crippen LogP contribution >= 0.6 is 22.9 Å². The first-order valence-electron chi connectivity index (χ1n) is 7.18. The van der Waals surface area contributed by atoms with Gasteiger partial charge >= 0.3 is 0 Å². The Balaban J connectivity index is 1.74. The Morgan fingerprint density at radius 3 is 2.58 bits per heavy atom. The smallest absolute Gasteiger partial charge is 0.274 e. The van der Waals surface area contributed by atoms with Crippen molar-refractivity contribution in [2.45, 2.75) is 0 Å². The Bertz CT molecular complexity index is 890. The number of benzene rings is 2. The monoisotopic (exact) mass is 355 g/mol. The summed E-state index contributed by atoms with van der Waals surface area (Å²) >= 11 is 7.40. The van der Waals surface area contributed by atoms with Gasteiger partial charge in [-0.1, -0.05) is 60.1 Å². The average Bonchev–Trinajstić information content (AvgIpc) is 2.99. The summed E-state index contributed by atoms with van der Waals surface area (Å²) < 4.78 is 0. The highest BCUT2D eigenvalue weighted by atomic mass is 35.5. The summed E-state index contributed by atoms with van der Waals surface area (Å²) in [6.07, 6.45) is 1.50. The highest BCUT2D eigenvalue weighted by Crippen LogP contribution is 2.33. The molecular formula is C18H14ClN3OS. The average molecular weight is 356 g/mol. The Morgan fingerprint density at radius 1 is 1.12 bits per heavy atom. The second-order valence-corrected chi connectivity index (χ2v) is 6.47. The van der Waals surface area contributed by atoms with Gasteiger partial charge in [-0.3, -0.25) is 4.79 Å². The third-order valence-electron chi connectivity index (χ3n) is 3.34. The van der Waals surface area contributed by atoms with Gasteiger partial charge in [0, 0.05) is 15.5 Å². The van der Waals surface area contributed by atoms with Gasteiger partial charge in [0.25, 0.3) is 5.91 Å². The van der Waals surface area contributed by atoms with Crippen LogP contribution in [0.4, 0.5) is 5.00 Å². The van der Waals surface area contributed by atoms with Crippen molar-refractivity contribution in [3.05, 3.63) is 76.8 Å². The fourth-order valence-electron chi connectivity index (χ4n) is 2.13. The van der Waals surface area contributed by atoms with Gasteiger partial charge in [-0.25, -0.2) is 5.43 Å². The molecule has 3 N–H and O–H groups in total. The number of nitrogens with zero attached hydrogens (tertiary/aromatic N) is 1. The number of hydrazone groups is 1. The fourth-order valence-corrected chi connectivity index (χ4v) is 3.24. The van der Waals surface area contributed by atoms with E-state index in [2.05, 4.69) is 10.5 Å². The standard InChI is InChI=1S/C18H14ClN3OS/c19-15-9-5-4-8-13(15)11-21-22-18(23)14-10-16(24-17(14)20)12-6-2-1-3-7-12/h1-11H,20H2,(H,22,23). The number of hydrogen-bond donors (Lipinski definition) is 2. The van der Waals surface area contributed by atoms with E-state index in [9.17, 15) is 4.79 Å². The molecule has 0 spiro atoms. The van der Waals surface area contributed by atoms with Crippen molar-refractivity contribution < 1.29 is 4.79 Å². The first-order valence-corrected chi connectivity index (χ1v) is 8.37. The maximum atomic E-state index is 12.3. The van der Waals surface area contributed by atoms with Gasteiger partial charge < -0.3 is 5.73 Å². The minimum atomic E-state index is -0.353. The number of nitrogen functional groups attached to an aromatic ring is 1. The summed E-state index contributed by atoms with van der Waals surface area (Å²) in [5.74, 6) is -0.353. The van der Waals surface area contributed by atoms with Gasteiger partial charge in [-0.2, -0.15) is 5.10 Å². The molecule has 4 nitrogen and oxygen atoms in total. The molecule has 1 amide bonds. The van der Waals surface area contributed by atoms with E-state index in [-0.39, 0.29) is 5.91 Å². The largest absolute Gasteiger partial charge is 0.390 e. The molecule has 0 fully saturated rings. The van der Waals surface area contributed by atoms with Crippen molar-refractivity contribution in [3.63, 3.8) is 0 Å². The third kappa shape index (κ3) is 3.64. The minimum Gasteiger partial charge on any atom is -0.390 e. The van der Waals surface area contributed by atoms with E-state index in [4.69, 9.17) is 17.3 Å². The van der Waals surface area contributed by atoms with Crippen molar-refractivity contribution in [2.24, 2.45) is 5.10 Å². The summed E-state index contributed by atoms with van der Waals surface area (Å²) in [5.41, 5.74) is 10.6. The number of nitrogens with two attached hydrogens (primary N) is 1. The van der Waals surface area contributed by atoms with Crippen LogP contribution in [0.3, 0.4) is 0 Å². The molecule has 0 bridgehead atoms. The van der Waals surface area contributed by atoms with Crippen molar-refractivity contribution in [2.75, 3.05) is 5.73 Å². The van der Waals surface area contributed by atoms with E-state index in [1.807, 2.05) is 48.5 Å². The highest BCUT2D eigenvalue weighted by molar-refractivity contribution is 7.19. The topological polar surface area (TPSA) is 67.5 Å². The number of carbonyl (C=O) groups is 1. The predicted molar refractivity (Wildman–Crippen MR) is 101 cm³/mol. The third-order valence-corrected chi connectivity index (χ3v) is 4.70. The first-order chi connectivity index (χ1) is 11.6. The van der Waals surface area contributed by atoms with Gasteiger partial charge in [0.2, 0.25) is 0 Å². The molecule has 120 valence electrons. The molecule has 0 aliphatic rings. The second-order valence-electron chi connectivity index (χ2n) is 4.98. The molecule has 0 aliphatic heterocycles. The molecule has 0 saturated heterocycles. The number of rotatable bonds is 4. The molecule has 0 aliphatic carbocycles. The number of amides is 1. The van der Waals surface area contributed by atoms with Crippen LogP contribution in [0.2, 0.25) is 5.02 Å². The van der Waals surface area contributed by atoms with Crippen LogP contribution in [0.1, 0.15) is 15.9 Å². The molecule has 2 aromatic carbocycles. The van der Waals surface area contributed by atoms with Crippen molar-refractivity contribution in [1.82, 2.24) is 5.43 Å². The van der Waals surface area contributed by atoms with Crippen LogP contribution in [0, 0.1) is 0 Å². The van der Waals surface area contributed by atoms with Crippen LogP contribution in [-0.4, -0.2) is 12.1 Å². The number of carbonyl (C=O) groups excluding carboxylic acids is 1. The zero-order chi connectivity index (χ0) is 16.9. The number of anilines is 1. The van der Waals surface area contributed by atoms with Crippen LogP contribution in [0.5, 0.6) is 0 Å². The van der Waals surface area contributed by atoms with Crippen molar-refractivity contribution in [3.8, 4) is 10.4 Å². The summed E-state index contributed by atoms with van der Waals surface area (Å²) in [4.78, 5) is 13.2. The molecule has 1 aromatic heterocycles. The lowest BCUT2D eigenvalue weighted by Crippen LogP contribution is -2.18. The Kier molecular flexibility index (Phi) is 4.93. The van der Waals surface area contributed by atoms with E-state index in [0.717, 1.165) is 16.0 Å². The number of thiophene rings is 1. The fraction of sp³-hybridized carbons (Fsp3) is 0. The maximum absolute atomic E-state index is 12.3. The Labute approximate surface area is 148 Å². The van der Waals surface area contributed by atoms with Gasteiger partial charge in [0.05, 0.1) is 16.8 Å². The van der Waals surface area contributed by atoms with E-state index in [0.29, 0.717) is 15.6 Å². The lowest BCUT2D eigenvalue weighted by atomic mass is 10.1. The molecule has 24 heavy (non-hydrogen) atoms. The highest BCUT2D eigenvalue weighted by Gasteiger charge is 2.14. The van der Waals surface area contributed by atoms with Crippen LogP contribution in [0.15, 0.2) is 65.8 Å². The number of halogens is 1. The van der Waals surface area contributed by atoms with Crippen LogP contribution in [0.25, 0.3) is 10.4 Å². The minimum absolute atomic E-state index is 0.353. The number of nitrogens with one attached hydrogen (secondary N) is 1. The Morgan fingerprint density at radius 2 is 1.83 bits per heavy atom. The van der Waals surface area contributed by atoms with E-state index >= 15 is 0 Å². The van der Waals surface area contributed by atoms with Crippen molar-refractivity contribution in [1.29, 1.82) is 0 Å². The molecule has 6 heteroatoms. The molecule has 0 radical (unpaired) electrons. The zero-order valence-corrected chi connectivity index (χ0v) is 14.1. The van der Waals surface area contributed by atoms with Gasteiger partial charge in [-0.15, -0.1) is 11.3 Å².